The minimum Gasteiger partial charge on any atom is -0.316 e. The van der Waals surface area contributed by atoms with E-state index < -0.39 is 21.5 Å². The standard InChI is InChI=1S/C20H21ClN2O3S2/c1-4-9-23-17-11-13(2)10-14(3)19(17)27-20(23)22-18(24)12-28(25,26)16-7-5-15(21)6-8-16/h5-8,10-11H,4,9,12H2,1-3H3. The maximum absolute atomic E-state index is 12.5. The fraction of sp³-hybridized carbons (Fsp3) is 0.300. The number of halogens is 1. The first-order valence-corrected chi connectivity index (χ1v) is 11.7. The van der Waals surface area contributed by atoms with Crippen LogP contribution in [0.4, 0.5) is 0 Å². The molecule has 0 radical (unpaired) electrons. The summed E-state index contributed by atoms with van der Waals surface area (Å²) in [6, 6.07) is 9.93. The summed E-state index contributed by atoms with van der Waals surface area (Å²) in [6.07, 6.45) is 0.878. The molecular formula is C20H21ClN2O3S2. The predicted molar refractivity (Wildman–Crippen MR) is 114 cm³/mol. The highest BCUT2D eigenvalue weighted by Gasteiger charge is 2.19. The van der Waals surface area contributed by atoms with E-state index in [0.717, 1.165) is 27.8 Å². The second-order valence-electron chi connectivity index (χ2n) is 6.68. The van der Waals surface area contributed by atoms with Crippen LogP contribution in [0.2, 0.25) is 5.02 Å². The minimum absolute atomic E-state index is 0.0599. The van der Waals surface area contributed by atoms with E-state index in [1.807, 2.05) is 18.4 Å². The van der Waals surface area contributed by atoms with Crippen LogP contribution in [0.25, 0.3) is 10.2 Å². The van der Waals surface area contributed by atoms with E-state index in [1.165, 1.54) is 35.6 Å². The Morgan fingerprint density at radius 1 is 1.18 bits per heavy atom. The molecule has 0 saturated heterocycles. The second kappa shape index (κ2) is 8.19. The molecule has 8 heteroatoms. The molecule has 0 aliphatic heterocycles. The van der Waals surface area contributed by atoms with Crippen molar-refractivity contribution < 1.29 is 13.2 Å². The molecule has 1 aromatic heterocycles. The largest absolute Gasteiger partial charge is 0.316 e. The summed E-state index contributed by atoms with van der Waals surface area (Å²) in [5.41, 5.74) is 3.28. The molecule has 0 aliphatic rings. The Kier molecular flexibility index (Phi) is 6.07. The highest BCUT2D eigenvalue weighted by molar-refractivity contribution is 7.92. The van der Waals surface area contributed by atoms with Gasteiger partial charge in [-0.25, -0.2) is 8.42 Å². The summed E-state index contributed by atoms with van der Waals surface area (Å²) in [5, 5.41) is 0.437. The Labute approximate surface area is 173 Å². The van der Waals surface area contributed by atoms with Gasteiger partial charge in [-0.3, -0.25) is 4.79 Å². The van der Waals surface area contributed by atoms with Gasteiger partial charge in [0.1, 0.15) is 5.75 Å². The second-order valence-corrected chi connectivity index (χ2v) is 10.1. The van der Waals surface area contributed by atoms with Crippen LogP contribution in [0.3, 0.4) is 0 Å². The number of carbonyl (C=O) groups is 1. The third kappa shape index (κ3) is 4.37. The molecule has 1 amide bonds. The quantitative estimate of drug-likeness (QED) is 0.599. The Bertz CT molecular complexity index is 1210. The van der Waals surface area contributed by atoms with Gasteiger partial charge in [0.05, 0.1) is 15.1 Å². The molecule has 28 heavy (non-hydrogen) atoms. The highest BCUT2D eigenvalue weighted by Crippen LogP contribution is 2.23. The molecule has 5 nitrogen and oxygen atoms in total. The SMILES string of the molecule is CCCn1c(=NC(=O)CS(=O)(=O)c2ccc(Cl)cc2)sc2c(C)cc(C)cc21. The van der Waals surface area contributed by atoms with Crippen LogP contribution < -0.4 is 4.80 Å². The molecule has 0 N–H and O–H groups in total. The summed E-state index contributed by atoms with van der Waals surface area (Å²) < 4.78 is 28.1. The fourth-order valence-electron chi connectivity index (χ4n) is 3.06. The number of amides is 1. The van der Waals surface area contributed by atoms with Gasteiger partial charge in [-0.15, -0.1) is 0 Å². The lowest BCUT2D eigenvalue weighted by molar-refractivity contribution is -0.115. The number of sulfone groups is 1. The van der Waals surface area contributed by atoms with Crippen LogP contribution in [0.1, 0.15) is 24.5 Å². The van der Waals surface area contributed by atoms with E-state index in [4.69, 9.17) is 11.6 Å². The summed E-state index contributed by atoms with van der Waals surface area (Å²) in [6.45, 7) is 6.81. The number of hydrogen-bond donors (Lipinski definition) is 0. The van der Waals surface area contributed by atoms with Crippen LogP contribution in [0.15, 0.2) is 46.3 Å². The van der Waals surface area contributed by atoms with E-state index in [-0.39, 0.29) is 4.90 Å². The minimum atomic E-state index is -3.77. The Morgan fingerprint density at radius 2 is 1.86 bits per heavy atom. The lowest BCUT2D eigenvalue weighted by atomic mass is 10.1. The van der Waals surface area contributed by atoms with E-state index in [1.54, 1.807) is 0 Å². The average Bonchev–Trinajstić information content (AvgIpc) is 2.93. The normalized spacial score (nSPS) is 12.6. The summed E-state index contributed by atoms with van der Waals surface area (Å²) in [7, 11) is -3.77. The first kappa shape index (κ1) is 20.8. The van der Waals surface area contributed by atoms with Gasteiger partial charge < -0.3 is 4.57 Å². The van der Waals surface area contributed by atoms with E-state index in [0.29, 0.717) is 16.4 Å². The highest BCUT2D eigenvalue weighted by atomic mass is 35.5. The van der Waals surface area contributed by atoms with Crippen molar-refractivity contribution in [3.63, 3.8) is 0 Å². The Balaban J connectivity index is 2.01. The van der Waals surface area contributed by atoms with Gasteiger partial charge in [0.2, 0.25) is 0 Å². The number of nitrogens with zero attached hydrogens (tertiary/aromatic N) is 2. The summed E-state index contributed by atoms with van der Waals surface area (Å²) in [5.74, 6) is -1.35. The Hall–Kier alpha value is -1.96. The molecule has 0 atom stereocenters. The number of aromatic nitrogens is 1. The third-order valence-corrected chi connectivity index (χ3v) is 7.37. The molecule has 0 spiro atoms. The van der Waals surface area contributed by atoms with E-state index in [9.17, 15) is 13.2 Å². The first-order valence-electron chi connectivity index (χ1n) is 8.87. The molecule has 3 rings (SSSR count). The maximum atomic E-state index is 12.5. The average molecular weight is 437 g/mol. The third-order valence-electron chi connectivity index (χ3n) is 4.27. The molecule has 0 unspecified atom stereocenters. The van der Waals surface area contributed by atoms with Gasteiger partial charge in [0, 0.05) is 11.6 Å². The molecule has 0 saturated carbocycles. The van der Waals surface area contributed by atoms with Crippen molar-refractivity contribution in [3.8, 4) is 0 Å². The molecule has 0 fully saturated rings. The van der Waals surface area contributed by atoms with E-state index in [2.05, 4.69) is 24.0 Å². The maximum Gasteiger partial charge on any atom is 0.263 e. The van der Waals surface area contributed by atoms with E-state index >= 15 is 0 Å². The monoisotopic (exact) mass is 436 g/mol. The van der Waals surface area contributed by atoms with Crippen molar-refractivity contribution >= 4 is 48.9 Å². The van der Waals surface area contributed by atoms with Crippen molar-refractivity contribution in [1.29, 1.82) is 0 Å². The molecule has 1 heterocycles. The smallest absolute Gasteiger partial charge is 0.263 e. The van der Waals surface area contributed by atoms with Crippen LogP contribution in [-0.4, -0.2) is 24.6 Å². The molecular weight excluding hydrogens is 416 g/mol. The fourth-order valence-corrected chi connectivity index (χ4v) is 5.42. The zero-order valence-electron chi connectivity index (χ0n) is 15.9. The number of hydrogen-bond acceptors (Lipinski definition) is 4. The predicted octanol–water partition coefficient (Wildman–Crippen LogP) is 4.28. The molecule has 2 aromatic carbocycles. The molecule has 0 aliphatic carbocycles. The number of thiazole rings is 1. The van der Waals surface area contributed by atoms with Gasteiger partial charge in [-0.1, -0.05) is 35.9 Å². The van der Waals surface area contributed by atoms with Crippen LogP contribution >= 0.6 is 22.9 Å². The molecule has 0 bridgehead atoms. The number of fused-ring (bicyclic) bond motifs is 1. The topological polar surface area (TPSA) is 68.5 Å². The van der Waals surface area contributed by atoms with Gasteiger partial charge >= 0.3 is 0 Å². The van der Waals surface area contributed by atoms with Crippen LogP contribution in [0.5, 0.6) is 0 Å². The van der Waals surface area contributed by atoms with Gasteiger partial charge in [0.15, 0.2) is 14.6 Å². The van der Waals surface area contributed by atoms with Crippen molar-refractivity contribution in [3.05, 3.63) is 57.3 Å². The van der Waals surface area contributed by atoms with Gasteiger partial charge in [-0.05, 0) is 61.7 Å². The lowest BCUT2D eigenvalue weighted by Gasteiger charge is -2.05. The van der Waals surface area contributed by atoms with Gasteiger partial charge in [0.25, 0.3) is 5.91 Å². The van der Waals surface area contributed by atoms with Crippen molar-refractivity contribution in [2.75, 3.05) is 5.75 Å². The zero-order valence-corrected chi connectivity index (χ0v) is 18.3. The van der Waals surface area contributed by atoms with Crippen molar-refractivity contribution in [2.45, 2.75) is 38.6 Å². The first-order chi connectivity index (χ1) is 13.2. The number of carbonyl (C=O) groups excluding carboxylic acids is 1. The summed E-state index contributed by atoms with van der Waals surface area (Å²) in [4.78, 5) is 17.2. The molecule has 148 valence electrons. The number of rotatable bonds is 5. The zero-order chi connectivity index (χ0) is 20.5. The lowest BCUT2D eigenvalue weighted by Crippen LogP contribution is -2.21. The van der Waals surface area contributed by atoms with Gasteiger partial charge in [-0.2, -0.15) is 4.99 Å². The molecule has 3 aromatic rings. The van der Waals surface area contributed by atoms with Crippen molar-refractivity contribution in [2.24, 2.45) is 4.99 Å². The van der Waals surface area contributed by atoms with Crippen LogP contribution in [0, 0.1) is 13.8 Å². The number of benzene rings is 2. The Morgan fingerprint density at radius 3 is 2.50 bits per heavy atom. The van der Waals surface area contributed by atoms with Crippen LogP contribution in [-0.2, 0) is 21.2 Å². The van der Waals surface area contributed by atoms with Crippen molar-refractivity contribution in [1.82, 2.24) is 4.57 Å². The summed E-state index contributed by atoms with van der Waals surface area (Å²) >= 11 is 7.22. The number of aryl methyl sites for hydroxylation is 3.